The number of amides is 3. The second-order valence-corrected chi connectivity index (χ2v) is 4.32. The first-order chi connectivity index (χ1) is 8.93. The number of primary amides is 1. The first kappa shape index (κ1) is 15.0. The molecule has 6 heteroatoms. The van der Waals surface area contributed by atoms with Crippen molar-refractivity contribution in [1.29, 1.82) is 0 Å². The van der Waals surface area contributed by atoms with E-state index in [-0.39, 0.29) is 18.6 Å². The zero-order valence-electron chi connectivity index (χ0n) is 11.2. The van der Waals surface area contributed by atoms with Crippen LogP contribution < -0.4 is 16.8 Å². The Morgan fingerprint density at radius 1 is 1.42 bits per heavy atom. The normalized spacial score (nSPS) is 11.7. The first-order valence-corrected chi connectivity index (χ1v) is 6.13. The van der Waals surface area contributed by atoms with Crippen LogP contribution in [-0.2, 0) is 4.79 Å². The molecule has 0 saturated heterocycles. The minimum atomic E-state index is -0.540. The summed E-state index contributed by atoms with van der Waals surface area (Å²) >= 11 is 0. The van der Waals surface area contributed by atoms with Gasteiger partial charge in [0.15, 0.2) is 0 Å². The summed E-state index contributed by atoms with van der Waals surface area (Å²) in [5.41, 5.74) is 12.4. The fourth-order valence-corrected chi connectivity index (χ4v) is 1.62. The molecule has 0 bridgehead atoms. The van der Waals surface area contributed by atoms with Gasteiger partial charge in [-0.3, -0.25) is 4.79 Å². The van der Waals surface area contributed by atoms with Gasteiger partial charge in [-0.25, -0.2) is 4.79 Å². The van der Waals surface area contributed by atoms with Gasteiger partial charge >= 0.3 is 6.03 Å². The summed E-state index contributed by atoms with van der Waals surface area (Å²) in [7, 11) is 0. The highest BCUT2D eigenvalue weighted by Crippen LogP contribution is 2.15. The number of nitrogens with two attached hydrogens (primary N) is 2. The Morgan fingerprint density at radius 2 is 2.11 bits per heavy atom. The standard InChI is InChI=1S/C13H20N4O2/c1-3-17(8-12(15)18)13(19)16-11-6-4-5-10(7-11)9(2)14/h4-7,9H,3,8,14H2,1-2H3,(H2,15,18)(H,16,19). The van der Waals surface area contributed by atoms with Gasteiger partial charge in [0.05, 0.1) is 0 Å². The molecule has 5 N–H and O–H groups in total. The van der Waals surface area contributed by atoms with Gasteiger partial charge in [-0.05, 0) is 31.5 Å². The molecule has 1 rings (SSSR count). The highest BCUT2D eigenvalue weighted by molar-refractivity contribution is 5.92. The Morgan fingerprint density at radius 3 is 2.63 bits per heavy atom. The molecule has 0 saturated carbocycles. The van der Waals surface area contributed by atoms with Gasteiger partial charge < -0.3 is 21.7 Å². The average molecular weight is 264 g/mol. The van der Waals surface area contributed by atoms with Crippen molar-refractivity contribution in [3.63, 3.8) is 0 Å². The third-order valence-corrected chi connectivity index (χ3v) is 2.68. The third kappa shape index (κ3) is 4.59. The molecule has 0 aromatic heterocycles. The molecule has 0 aliphatic rings. The van der Waals surface area contributed by atoms with E-state index in [9.17, 15) is 9.59 Å². The van der Waals surface area contributed by atoms with Crippen molar-refractivity contribution in [2.75, 3.05) is 18.4 Å². The maximum Gasteiger partial charge on any atom is 0.322 e. The van der Waals surface area contributed by atoms with Gasteiger partial charge in [-0.1, -0.05) is 12.1 Å². The second-order valence-electron chi connectivity index (χ2n) is 4.32. The number of hydrogen-bond donors (Lipinski definition) is 3. The summed E-state index contributed by atoms with van der Waals surface area (Å²) in [5, 5.41) is 2.72. The number of anilines is 1. The smallest absolute Gasteiger partial charge is 0.322 e. The number of likely N-dealkylation sites (N-methyl/N-ethyl adjacent to an activating group) is 1. The number of urea groups is 1. The zero-order valence-corrected chi connectivity index (χ0v) is 11.2. The molecule has 19 heavy (non-hydrogen) atoms. The second kappa shape index (κ2) is 6.75. The number of nitrogens with zero attached hydrogens (tertiary/aromatic N) is 1. The van der Waals surface area contributed by atoms with Crippen molar-refractivity contribution in [3.05, 3.63) is 29.8 Å². The van der Waals surface area contributed by atoms with Gasteiger partial charge in [0.1, 0.15) is 6.54 Å². The van der Waals surface area contributed by atoms with Crippen LogP contribution >= 0.6 is 0 Å². The molecule has 0 aliphatic heterocycles. The predicted molar refractivity (Wildman–Crippen MR) is 74.5 cm³/mol. The van der Waals surface area contributed by atoms with Crippen LogP contribution in [0, 0.1) is 0 Å². The summed E-state index contributed by atoms with van der Waals surface area (Å²) in [6.07, 6.45) is 0. The zero-order chi connectivity index (χ0) is 14.4. The van der Waals surface area contributed by atoms with E-state index in [0.29, 0.717) is 12.2 Å². The van der Waals surface area contributed by atoms with E-state index >= 15 is 0 Å². The fourth-order valence-electron chi connectivity index (χ4n) is 1.62. The number of benzene rings is 1. The lowest BCUT2D eigenvalue weighted by Gasteiger charge is -2.20. The van der Waals surface area contributed by atoms with Crippen LogP contribution in [0.2, 0.25) is 0 Å². The van der Waals surface area contributed by atoms with E-state index in [1.165, 1.54) is 4.90 Å². The van der Waals surface area contributed by atoms with Crippen molar-refractivity contribution >= 4 is 17.6 Å². The van der Waals surface area contributed by atoms with Crippen LogP contribution in [0.4, 0.5) is 10.5 Å². The Balaban J connectivity index is 2.75. The Kier molecular flexibility index (Phi) is 5.32. The number of nitrogens with one attached hydrogen (secondary N) is 1. The largest absolute Gasteiger partial charge is 0.368 e. The third-order valence-electron chi connectivity index (χ3n) is 2.68. The molecule has 3 amide bonds. The van der Waals surface area contributed by atoms with Crippen molar-refractivity contribution in [2.24, 2.45) is 11.5 Å². The quantitative estimate of drug-likeness (QED) is 0.740. The molecule has 1 aromatic rings. The average Bonchev–Trinajstić information content (AvgIpc) is 2.35. The lowest BCUT2D eigenvalue weighted by atomic mass is 10.1. The molecule has 6 nitrogen and oxygen atoms in total. The van der Waals surface area contributed by atoms with Crippen molar-refractivity contribution in [1.82, 2.24) is 4.90 Å². The van der Waals surface area contributed by atoms with E-state index in [1.54, 1.807) is 19.1 Å². The van der Waals surface area contributed by atoms with Crippen LogP contribution in [0.25, 0.3) is 0 Å². The number of carbonyl (C=O) groups is 2. The van der Waals surface area contributed by atoms with Crippen LogP contribution in [-0.4, -0.2) is 29.9 Å². The summed E-state index contributed by atoms with van der Waals surface area (Å²) in [6, 6.07) is 6.82. The van der Waals surface area contributed by atoms with Crippen LogP contribution in [0.1, 0.15) is 25.5 Å². The summed E-state index contributed by atoms with van der Waals surface area (Å²) in [5.74, 6) is -0.540. The summed E-state index contributed by atoms with van der Waals surface area (Å²) in [4.78, 5) is 24.1. The van der Waals surface area contributed by atoms with Gasteiger partial charge in [0.25, 0.3) is 0 Å². The van der Waals surface area contributed by atoms with E-state index in [4.69, 9.17) is 11.5 Å². The predicted octanol–water partition coefficient (Wildman–Crippen LogP) is 1.05. The molecule has 0 spiro atoms. The maximum absolute atomic E-state index is 11.9. The maximum atomic E-state index is 11.9. The minimum absolute atomic E-state index is 0.102. The van der Waals surface area contributed by atoms with Crippen molar-refractivity contribution in [3.8, 4) is 0 Å². The lowest BCUT2D eigenvalue weighted by molar-refractivity contribution is -0.118. The van der Waals surface area contributed by atoms with Gasteiger partial charge in [-0.2, -0.15) is 0 Å². The van der Waals surface area contributed by atoms with Crippen LogP contribution in [0.3, 0.4) is 0 Å². The topological polar surface area (TPSA) is 101 Å². The molecule has 0 radical (unpaired) electrons. The Labute approximate surface area is 112 Å². The molecular formula is C13H20N4O2. The first-order valence-electron chi connectivity index (χ1n) is 6.13. The summed E-state index contributed by atoms with van der Waals surface area (Å²) in [6.45, 7) is 3.95. The molecule has 1 unspecified atom stereocenters. The van der Waals surface area contributed by atoms with Gasteiger partial charge in [-0.15, -0.1) is 0 Å². The highest BCUT2D eigenvalue weighted by atomic mass is 16.2. The lowest BCUT2D eigenvalue weighted by Crippen LogP contribution is -2.40. The molecule has 0 fully saturated rings. The highest BCUT2D eigenvalue weighted by Gasteiger charge is 2.14. The molecule has 104 valence electrons. The van der Waals surface area contributed by atoms with Gasteiger partial charge in [0.2, 0.25) is 5.91 Å². The molecular weight excluding hydrogens is 244 g/mol. The number of hydrogen-bond acceptors (Lipinski definition) is 3. The number of carbonyl (C=O) groups excluding carboxylic acids is 2. The van der Waals surface area contributed by atoms with E-state index in [2.05, 4.69) is 5.32 Å². The van der Waals surface area contributed by atoms with Crippen LogP contribution in [0.15, 0.2) is 24.3 Å². The van der Waals surface area contributed by atoms with Gasteiger partial charge in [0, 0.05) is 18.3 Å². The number of rotatable bonds is 5. The Hall–Kier alpha value is -2.08. The molecule has 1 atom stereocenters. The summed E-state index contributed by atoms with van der Waals surface area (Å²) < 4.78 is 0. The fraction of sp³-hybridized carbons (Fsp3) is 0.385. The van der Waals surface area contributed by atoms with Crippen molar-refractivity contribution in [2.45, 2.75) is 19.9 Å². The van der Waals surface area contributed by atoms with E-state index in [1.807, 2.05) is 19.1 Å². The monoisotopic (exact) mass is 264 g/mol. The van der Waals surface area contributed by atoms with Crippen molar-refractivity contribution < 1.29 is 9.59 Å². The molecule has 0 heterocycles. The molecule has 0 aliphatic carbocycles. The van der Waals surface area contributed by atoms with E-state index in [0.717, 1.165) is 5.56 Å². The minimum Gasteiger partial charge on any atom is -0.368 e. The van der Waals surface area contributed by atoms with E-state index < -0.39 is 5.91 Å². The Bertz CT molecular complexity index is 460. The SMILES string of the molecule is CCN(CC(N)=O)C(=O)Nc1cccc(C(C)N)c1. The molecule has 1 aromatic carbocycles. The van der Waals surface area contributed by atoms with Crippen LogP contribution in [0.5, 0.6) is 0 Å².